The van der Waals surface area contributed by atoms with Gasteiger partial charge in [0.2, 0.25) is 0 Å². The van der Waals surface area contributed by atoms with Crippen LogP contribution in [0.2, 0.25) is 0 Å². The van der Waals surface area contributed by atoms with Crippen molar-refractivity contribution in [3.8, 4) is 0 Å². The molecule has 0 unspecified atom stereocenters. The fourth-order valence-electron chi connectivity index (χ4n) is 0. The third-order valence-corrected chi connectivity index (χ3v) is 0. The number of hydrogen-bond acceptors (Lipinski definition) is 0. The molecule has 0 amide bonds. The monoisotopic (exact) mass is 364 g/mol. The van der Waals surface area contributed by atoms with E-state index in [9.17, 15) is 0 Å². The Morgan fingerprint density at radius 3 is 1.00 bits per heavy atom. The zero-order chi connectivity index (χ0) is 0. The van der Waals surface area contributed by atoms with E-state index in [1.165, 1.54) is 0 Å². The Morgan fingerprint density at radius 1 is 1.00 bits per heavy atom. The van der Waals surface area contributed by atoms with Crippen molar-refractivity contribution in [2.24, 2.45) is 0 Å². The quantitative estimate of drug-likeness (QED) is 0.531. The predicted octanol–water partition coefficient (Wildman–Crippen LogP) is -0.00750. The molecule has 0 atom stereocenters. The van der Waals surface area contributed by atoms with Crippen molar-refractivity contribution in [3.63, 3.8) is 0 Å². The first kappa shape index (κ1) is 26.8. The third kappa shape index (κ3) is 8.98. The number of rotatable bonds is 0. The van der Waals surface area contributed by atoms with E-state index < -0.39 is 0 Å². The van der Waals surface area contributed by atoms with Crippen molar-refractivity contribution in [3.05, 3.63) is 0 Å². The maximum atomic E-state index is 0. The van der Waals surface area contributed by atoms with Gasteiger partial charge in [-0.2, -0.15) is 0 Å². The van der Waals surface area contributed by atoms with E-state index in [4.69, 9.17) is 0 Å². The Morgan fingerprint density at radius 2 is 1.00 bits per heavy atom. The molecule has 0 nitrogen and oxygen atoms in total. The van der Waals surface area contributed by atoms with Crippen molar-refractivity contribution in [1.82, 2.24) is 0 Å². The first-order valence-electron chi connectivity index (χ1n) is 0. The number of hydrogen-bond donors (Lipinski definition) is 0. The van der Waals surface area contributed by atoms with Crippen LogP contribution in [0.4, 0.5) is 0 Å². The van der Waals surface area contributed by atoms with Gasteiger partial charge in [0.15, 0.2) is 0 Å². The molecule has 30 valence electrons. The molecular formula is CoCuSmZr. The van der Waals surface area contributed by atoms with Gasteiger partial charge in [-0.05, 0) is 0 Å². The first-order valence-corrected chi connectivity index (χ1v) is 0. The molecule has 0 aliphatic rings. The fourth-order valence-corrected chi connectivity index (χ4v) is 0. The van der Waals surface area contributed by atoms with Gasteiger partial charge in [0.05, 0.1) is 0 Å². The molecule has 4 heavy (non-hydrogen) atoms. The average molecular weight is 364 g/mol. The minimum absolute atomic E-state index is 0. The molecule has 0 saturated heterocycles. The molecule has 0 fully saturated rings. The summed E-state index contributed by atoms with van der Waals surface area (Å²) in [6, 6.07) is 0. The second kappa shape index (κ2) is 16.3. The Hall–Kier alpha value is 3.25. The van der Waals surface area contributed by atoms with Gasteiger partial charge in [0.25, 0.3) is 0 Å². The summed E-state index contributed by atoms with van der Waals surface area (Å²) in [4.78, 5) is 0. The van der Waals surface area contributed by atoms with Crippen LogP contribution in [0.15, 0.2) is 0 Å². The summed E-state index contributed by atoms with van der Waals surface area (Å²) in [5, 5.41) is 0. The van der Waals surface area contributed by atoms with Crippen molar-refractivity contribution in [2.75, 3.05) is 0 Å². The van der Waals surface area contributed by atoms with Crippen LogP contribution in [0, 0.1) is 40.4 Å². The molecule has 0 bridgehead atoms. The molecule has 4 heteroatoms. The molecular weight excluding hydrogens is 364 g/mol. The zero-order valence-electron chi connectivity index (χ0n) is 1.54. The Bertz CT molecular complexity index is 8.00. The van der Waals surface area contributed by atoms with Crippen LogP contribution in [0.3, 0.4) is 0 Å². The normalized spacial score (nSPS) is 0. The largest absolute Gasteiger partial charge is 0 e. The summed E-state index contributed by atoms with van der Waals surface area (Å²) in [7, 11) is 0. The van der Waals surface area contributed by atoms with E-state index in [1.54, 1.807) is 0 Å². The third-order valence-electron chi connectivity index (χ3n) is 0. The van der Waals surface area contributed by atoms with Crippen LogP contribution in [0.5, 0.6) is 0 Å². The Labute approximate surface area is 98.1 Å². The molecule has 0 aromatic carbocycles. The Kier molecular flexibility index (Phi) is 109. The van der Waals surface area contributed by atoms with Gasteiger partial charge in [-0.25, -0.2) is 0 Å². The van der Waals surface area contributed by atoms with Gasteiger partial charge in [-0.1, -0.05) is 0 Å². The topological polar surface area (TPSA) is 0 Å². The summed E-state index contributed by atoms with van der Waals surface area (Å²) in [6.45, 7) is 0. The minimum atomic E-state index is 0. The fraction of sp³-hybridized carbons (Fsp3) is 0. The van der Waals surface area contributed by atoms with Gasteiger partial charge in [0.1, 0.15) is 0 Å². The van der Waals surface area contributed by atoms with E-state index >= 15 is 0 Å². The van der Waals surface area contributed by atoms with Crippen LogP contribution in [0.1, 0.15) is 0 Å². The predicted molar refractivity (Wildman–Crippen MR) is 0 cm³/mol. The van der Waals surface area contributed by atoms with Crippen molar-refractivity contribution in [2.45, 2.75) is 0 Å². The van der Waals surface area contributed by atoms with E-state index in [0.717, 1.165) is 0 Å². The van der Waals surface area contributed by atoms with Crippen LogP contribution in [-0.4, -0.2) is 0 Å². The average Bonchev–Trinajstić information content (AvgIpc) is 0. The van der Waals surface area contributed by atoms with E-state index in [0.29, 0.717) is 0 Å². The van der Waals surface area contributed by atoms with Crippen LogP contribution in [-0.2, 0) is 60.1 Å². The summed E-state index contributed by atoms with van der Waals surface area (Å²) in [6.07, 6.45) is 0. The summed E-state index contributed by atoms with van der Waals surface area (Å²) in [5.41, 5.74) is 0. The molecule has 0 heterocycles. The Balaban J connectivity index is 0. The van der Waals surface area contributed by atoms with Gasteiger partial charge < -0.3 is 0 Å². The maximum Gasteiger partial charge on any atom is 0 e. The second-order valence-electron chi connectivity index (χ2n) is 0. The first-order chi connectivity index (χ1) is 0. The van der Waals surface area contributed by atoms with E-state index in [2.05, 4.69) is 0 Å². The maximum absolute atomic E-state index is 0. The van der Waals surface area contributed by atoms with Gasteiger partial charge in [0, 0.05) is 100 Å². The van der Waals surface area contributed by atoms with Gasteiger partial charge in [-0.3, -0.25) is 0 Å². The molecule has 0 aliphatic carbocycles. The molecule has 0 aromatic rings. The second-order valence-corrected chi connectivity index (χ2v) is 0. The summed E-state index contributed by atoms with van der Waals surface area (Å²) in [5.74, 6) is 0. The standard InChI is InChI=1S/Co.Cu.Sm.Zr. The minimum Gasteiger partial charge on any atom is 0 e. The van der Waals surface area contributed by atoms with Crippen LogP contribution < -0.4 is 0 Å². The summed E-state index contributed by atoms with van der Waals surface area (Å²) < 4.78 is 0. The molecule has 2 radical (unpaired) electrons. The van der Waals surface area contributed by atoms with E-state index in [-0.39, 0.29) is 100 Å². The van der Waals surface area contributed by atoms with Crippen LogP contribution >= 0.6 is 0 Å². The van der Waals surface area contributed by atoms with Crippen molar-refractivity contribution >= 4 is 0 Å². The zero-order valence-corrected chi connectivity index (χ0v) is 8.60. The van der Waals surface area contributed by atoms with Gasteiger partial charge >= 0.3 is 0 Å². The molecule has 0 rings (SSSR count). The van der Waals surface area contributed by atoms with Crippen LogP contribution in [0.25, 0.3) is 0 Å². The van der Waals surface area contributed by atoms with Crippen molar-refractivity contribution in [1.29, 1.82) is 0 Å². The molecule has 0 aromatic heterocycles. The van der Waals surface area contributed by atoms with Gasteiger partial charge in [-0.15, -0.1) is 0 Å². The SMILES string of the molecule is [Co].[Cu].[Sm].[Zr]. The molecule has 0 aliphatic heterocycles. The molecule has 0 N–H and O–H groups in total. The molecule has 0 spiro atoms. The van der Waals surface area contributed by atoms with E-state index in [1.807, 2.05) is 0 Å². The summed E-state index contributed by atoms with van der Waals surface area (Å²) >= 11 is 0. The molecule has 0 saturated carbocycles. The smallest absolute Gasteiger partial charge is 0 e. The van der Waals surface area contributed by atoms with Crippen molar-refractivity contribution < 1.29 is 100 Å².